The minimum atomic E-state index is -1.10. The van der Waals surface area contributed by atoms with Gasteiger partial charge in [-0.15, -0.1) is 0 Å². The van der Waals surface area contributed by atoms with Crippen LogP contribution in [0.25, 0.3) is 0 Å². The molecule has 0 spiro atoms. The smallest absolute Gasteiger partial charge is 0.345 e. The first kappa shape index (κ1) is 16.0. The summed E-state index contributed by atoms with van der Waals surface area (Å²) in [6.45, 7) is 0. The molecule has 0 unspecified atom stereocenters. The molecule has 0 saturated carbocycles. The van der Waals surface area contributed by atoms with Gasteiger partial charge >= 0.3 is 5.97 Å². The monoisotopic (exact) mass is 344 g/mol. The summed E-state index contributed by atoms with van der Waals surface area (Å²) in [6.07, 6.45) is -0.986. The van der Waals surface area contributed by atoms with Gasteiger partial charge in [-0.2, -0.15) is 0 Å². The van der Waals surface area contributed by atoms with Gasteiger partial charge in [0.15, 0.2) is 6.10 Å². The second kappa shape index (κ2) is 7.03. The van der Waals surface area contributed by atoms with Crippen molar-refractivity contribution in [3.63, 3.8) is 0 Å². The normalized spacial score (nSPS) is 12.0. The highest BCUT2D eigenvalue weighted by Gasteiger charge is 2.22. The maximum atomic E-state index is 11.4. The Hall–Kier alpha value is -1.42. The van der Waals surface area contributed by atoms with Crippen LogP contribution in [-0.4, -0.2) is 17.2 Å². The molecular formula is C15H11Cl3O3. The standard InChI is InChI=1S/C15H11Cl3O3/c16-10-6-5-9(12(18)8-10)7-14(15(19)20)21-13-4-2-1-3-11(13)17/h1-6,8,14H,7H2,(H,19,20)/t14-/m0/s1. The molecule has 2 rings (SSSR count). The first-order chi connectivity index (χ1) is 9.97. The third kappa shape index (κ3) is 4.27. The lowest BCUT2D eigenvalue weighted by molar-refractivity contribution is -0.145. The van der Waals surface area contributed by atoms with Gasteiger partial charge in [0, 0.05) is 16.5 Å². The third-order valence-electron chi connectivity index (χ3n) is 2.80. The molecule has 21 heavy (non-hydrogen) atoms. The quantitative estimate of drug-likeness (QED) is 0.852. The van der Waals surface area contributed by atoms with Crippen molar-refractivity contribution in [2.45, 2.75) is 12.5 Å². The fourth-order valence-electron chi connectivity index (χ4n) is 1.76. The molecule has 6 heteroatoms. The van der Waals surface area contributed by atoms with Crippen molar-refractivity contribution in [3.8, 4) is 5.75 Å². The van der Waals surface area contributed by atoms with Gasteiger partial charge in [-0.3, -0.25) is 0 Å². The van der Waals surface area contributed by atoms with Crippen LogP contribution in [0.3, 0.4) is 0 Å². The predicted octanol–water partition coefficient (Wildman–Crippen LogP) is 4.72. The summed E-state index contributed by atoms with van der Waals surface area (Å²) in [5.74, 6) is -0.780. The summed E-state index contributed by atoms with van der Waals surface area (Å²) in [5, 5.41) is 10.5. The summed E-state index contributed by atoms with van der Waals surface area (Å²) in [7, 11) is 0. The highest BCUT2D eigenvalue weighted by Crippen LogP contribution is 2.27. The molecule has 2 aromatic carbocycles. The molecule has 0 saturated heterocycles. The van der Waals surface area contributed by atoms with Crippen LogP contribution in [0.4, 0.5) is 0 Å². The SMILES string of the molecule is O=C(O)[C@H](Cc1ccc(Cl)cc1Cl)Oc1ccccc1Cl. The molecule has 0 amide bonds. The number of halogens is 3. The van der Waals surface area contributed by atoms with Crippen molar-refractivity contribution in [1.82, 2.24) is 0 Å². The fraction of sp³-hybridized carbons (Fsp3) is 0.133. The zero-order valence-electron chi connectivity index (χ0n) is 10.7. The minimum Gasteiger partial charge on any atom is -0.478 e. The largest absolute Gasteiger partial charge is 0.478 e. The van der Waals surface area contributed by atoms with Crippen molar-refractivity contribution in [3.05, 3.63) is 63.1 Å². The van der Waals surface area contributed by atoms with Gasteiger partial charge < -0.3 is 9.84 Å². The van der Waals surface area contributed by atoms with Crippen LogP contribution in [0, 0.1) is 0 Å². The Balaban J connectivity index is 2.20. The van der Waals surface area contributed by atoms with E-state index in [-0.39, 0.29) is 6.42 Å². The van der Waals surface area contributed by atoms with E-state index in [4.69, 9.17) is 39.5 Å². The van der Waals surface area contributed by atoms with E-state index in [1.54, 1.807) is 42.5 Å². The van der Waals surface area contributed by atoms with Crippen LogP contribution < -0.4 is 4.74 Å². The second-order valence-electron chi connectivity index (χ2n) is 4.32. The highest BCUT2D eigenvalue weighted by atomic mass is 35.5. The van der Waals surface area contributed by atoms with E-state index < -0.39 is 12.1 Å². The molecule has 0 aliphatic heterocycles. The maximum Gasteiger partial charge on any atom is 0.345 e. The summed E-state index contributed by atoms with van der Waals surface area (Å²) >= 11 is 17.8. The number of rotatable bonds is 5. The average Bonchev–Trinajstić information content (AvgIpc) is 2.42. The Bertz CT molecular complexity index is 658. The fourth-order valence-corrected chi connectivity index (χ4v) is 2.43. The molecule has 0 radical (unpaired) electrons. The molecule has 0 aliphatic carbocycles. The molecule has 110 valence electrons. The lowest BCUT2D eigenvalue weighted by atomic mass is 10.1. The molecule has 3 nitrogen and oxygen atoms in total. The lowest BCUT2D eigenvalue weighted by Crippen LogP contribution is -2.29. The van der Waals surface area contributed by atoms with E-state index in [2.05, 4.69) is 0 Å². The molecule has 0 fully saturated rings. The predicted molar refractivity (Wildman–Crippen MR) is 83.7 cm³/mol. The second-order valence-corrected chi connectivity index (χ2v) is 5.57. The minimum absolute atomic E-state index is 0.108. The molecule has 1 atom stereocenters. The highest BCUT2D eigenvalue weighted by molar-refractivity contribution is 6.35. The van der Waals surface area contributed by atoms with Gasteiger partial charge in [0.05, 0.1) is 5.02 Å². The van der Waals surface area contributed by atoms with Crippen molar-refractivity contribution >= 4 is 40.8 Å². The van der Waals surface area contributed by atoms with Crippen LogP contribution in [-0.2, 0) is 11.2 Å². The number of hydrogen-bond acceptors (Lipinski definition) is 2. The molecule has 0 aromatic heterocycles. The zero-order chi connectivity index (χ0) is 15.4. The number of carbonyl (C=O) groups is 1. The number of hydrogen-bond donors (Lipinski definition) is 1. The van der Waals surface area contributed by atoms with Gasteiger partial charge in [-0.05, 0) is 29.8 Å². The van der Waals surface area contributed by atoms with Gasteiger partial charge in [0.2, 0.25) is 0 Å². The van der Waals surface area contributed by atoms with Crippen molar-refractivity contribution in [2.75, 3.05) is 0 Å². The summed E-state index contributed by atoms with van der Waals surface area (Å²) < 4.78 is 5.47. The van der Waals surface area contributed by atoms with Gasteiger partial charge in [-0.1, -0.05) is 53.0 Å². The van der Waals surface area contributed by atoms with Crippen LogP contribution in [0.1, 0.15) is 5.56 Å². The first-order valence-electron chi connectivity index (χ1n) is 6.05. The van der Waals surface area contributed by atoms with E-state index in [1.807, 2.05) is 0 Å². The van der Waals surface area contributed by atoms with Crippen LogP contribution in [0.5, 0.6) is 5.75 Å². The molecule has 2 aromatic rings. The number of carboxylic acid groups (broad SMARTS) is 1. The Morgan fingerprint density at radius 1 is 1.10 bits per heavy atom. The van der Waals surface area contributed by atoms with Gasteiger partial charge in [-0.25, -0.2) is 4.79 Å². The topological polar surface area (TPSA) is 46.5 Å². The van der Waals surface area contributed by atoms with Crippen molar-refractivity contribution in [2.24, 2.45) is 0 Å². The van der Waals surface area contributed by atoms with Gasteiger partial charge in [0.1, 0.15) is 5.75 Å². The number of carboxylic acids is 1. The van der Waals surface area contributed by atoms with Crippen LogP contribution in [0.2, 0.25) is 15.1 Å². The molecule has 0 heterocycles. The third-order valence-corrected chi connectivity index (χ3v) is 3.70. The number of benzene rings is 2. The van der Waals surface area contributed by atoms with E-state index in [0.29, 0.717) is 26.4 Å². The molecular weight excluding hydrogens is 335 g/mol. The molecule has 0 bridgehead atoms. The van der Waals surface area contributed by atoms with E-state index in [1.165, 1.54) is 0 Å². The maximum absolute atomic E-state index is 11.4. The summed E-state index contributed by atoms with van der Waals surface area (Å²) in [5.41, 5.74) is 0.639. The van der Waals surface area contributed by atoms with E-state index >= 15 is 0 Å². The number of para-hydroxylation sites is 1. The Morgan fingerprint density at radius 2 is 1.81 bits per heavy atom. The first-order valence-corrected chi connectivity index (χ1v) is 7.18. The molecule has 0 aliphatic rings. The van der Waals surface area contributed by atoms with E-state index in [0.717, 1.165) is 0 Å². The number of aliphatic carboxylic acids is 1. The lowest BCUT2D eigenvalue weighted by Gasteiger charge is -2.16. The summed E-state index contributed by atoms with van der Waals surface area (Å²) in [4.78, 5) is 11.4. The zero-order valence-corrected chi connectivity index (χ0v) is 13.0. The molecule has 1 N–H and O–H groups in total. The Morgan fingerprint density at radius 3 is 2.43 bits per heavy atom. The average molecular weight is 346 g/mol. The van der Waals surface area contributed by atoms with Crippen molar-refractivity contribution in [1.29, 1.82) is 0 Å². The Kier molecular flexibility index (Phi) is 5.34. The van der Waals surface area contributed by atoms with Gasteiger partial charge in [0.25, 0.3) is 0 Å². The van der Waals surface area contributed by atoms with E-state index in [9.17, 15) is 9.90 Å². The van der Waals surface area contributed by atoms with Crippen LogP contribution >= 0.6 is 34.8 Å². The van der Waals surface area contributed by atoms with Crippen molar-refractivity contribution < 1.29 is 14.6 Å². The van der Waals surface area contributed by atoms with Crippen LogP contribution in [0.15, 0.2) is 42.5 Å². The summed E-state index contributed by atoms with van der Waals surface area (Å²) in [6, 6.07) is 11.6. The Labute approximate surface area is 137 Å². The number of ether oxygens (including phenoxy) is 1.